The molecule has 0 saturated heterocycles. The monoisotopic (exact) mass is 348 g/mol. The summed E-state index contributed by atoms with van der Waals surface area (Å²) in [5, 5.41) is 3.46. The standard InChI is InChI=1S/C12H8BrCl2FN2/c13-6-1-2-7(14)11(3-6)18-12-5-9(16)8(15)4-10(12)17/h1-5,18H,17H2. The number of nitrogens with two attached hydrogens (primary N) is 1. The lowest BCUT2D eigenvalue weighted by Gasteiger charge is -2.12. The number of halogens is 4. The normalized spacial score (nSPS) is 10.4. The van der Waals surface area contributed by atoms with Crippen LogP contribution in [0.1, 0.15) is 0 Å². The van der Waals surface area contributed by atoms with Crippen molar-refractivity contribution in [3.05, 3.63) is 50.7 Å². The van der Waals surface area contributed by atoms with E-state index in [1.165, 1.54) is 12.1 Å². The Morgan fingerprint density at radius 3 is 2.50 bits per heavy atom. The van der Waals surface area contributed by atoms with E-state index in [2.05, 4.69) is 21.2 Å². The Morgan fingerprint density at radius 2 is 1.78 bits per heavy atom. The number of benzene rings is 2. The van der Waals surface area contributed by atoms with Gasteiger partial charge in [-0.15, -0.1) is 0 Å². The fraction of sp³-hybridized carbons (Fsp3) is 0. The molecule has 94 valence electrons. The van der Waals surface area contributed by atoms with Crippen molar-refractivity contribution in [2.45, 2.75) is 0 Å². The lowest BCUT2D eigenvalue weighted by Crippen LogP contribution is -1.98. The minimum Gasteiger partial charge on any atom is -0.397 e. The number of nitrogens with one attached hydrogen (secondary N) is 1. The first kappa shape index (κ1) is 13.5. The smallest absolute Gasteiger partial charge is 0.144 e. The fourth-order valence-electron chi connectivity index (χ4n) is 1.41. The Balaban J connectivity index is 2.40. The summed E-state index contributed by atoms with van der Waals surface area (Å²) in [4.78, 5) is 0. The third-order valence-electron chi connectivity index (χ3n) is 2.29. The molecular weight excluding hydrogens is 342 g/mol. The van der Waals surface area contributed by atoms with Gasteiger partial charge in [0.25, 0.3) is 0 Å². The number of rotatable bonds is 2. The molecule has 0 saturated carbocycles. The molecule has 6 heteroatoms. The minimum atomic E-state index is -0.542. The molecule has 2 rings (SSSR count). The van der Waals surface area contributed by atoms with E-state index in [0.29, 0.717) is 22.1 Å². The third-order valence-corrected chi connectivity index (χ3v) is 3.40. The second kappa shape index (κ2) is 5.34. The van der Waals surface area contributed by atoms with Gasteiger partial charge in [0.1, 0.15) is 5.82 Å². The highest BCUT2D eigenvalue weighted by atomic mass is 79.9. The van der Waals surface area contributed by atoms with E-state index in [1.54, 1.807) is 18.2 Å². The van der Waals surface area contributed by atoms with Crippen LogP contribution in [0.2, 0.25) is 10.0 Å². The van der Waals surface area contributed by atoms with Crippen LogP contribution in [-0.2, 0) is 0 Å². The molecular formula is C12H8BrCl2FN2. The molecule has 2 aromatic carbocycles. The molecule has 0 aliphatic heterocycles. The van der Waals surface area contributed by atoms with Gasteiger partial charge in [0.2, 0.25) is 0 Å². The average molecular weight is 350 g/mol. The molecule has 0 atom stereocenters. The first-order chi connectivity index (χ1) is 8.47. The molecule has 2 aromatic rings. The molecule has 0 heterocycles. The predicted octanol–water partition coefficient (Wildman–Crippen LogP) is 5.22. The van der Waals surface area contributed by atoms with Gasteiger partial charge in [-0.1, -0.05) is 39.1 Å². The van der Waals surface area contributed by atoms with Crippen LogP contribution in [0.15, 0.2) is 34.8 Å². The van der Waals surface area contributed by atoms with E-state index < -0.39 is 5.82 Å². The molecule has 0 fully saturated rings. The maximum absolute atomic E-state index is 13.4. The molecule has 0 aliphatic carbocycles. The van der Waals surface area contributed by atoms with Crippen molar-refractivity contribution in [1.29, 1.82) is 0 Å². The van der Waals surface area contributed by atoms with Crippen molar-refractivity contribution in [1.82, 2.24) is 0 Å². The number of hydrogen-bond acceptors (Lipinski definition) is 2. The van der Waals surface area contributed by atoms with E-state index in [9.17, 15) is 4.39 Å². The van der Waals surface area contributed by atoms with Crippen LogP contribution in [0.25, 0.3) is 0 Å². The zero-order valence-corrected chi connectivity index (χ0v) is 12.1. The highest BCUT2D eigenvalue weighted by molar-refractivity contribution is 9.10. The van der Waals surface area contributed by atoms with Crippen LogP contribution in [0.5, 0.6) is 0 Å². The van der Waals surface area contributed by atoms with Gasteiger partial charge in [-0.2, -0.15) is 0 Å². The first-order valence-electron chi connectivity index (χ1n) is 4.94. The molecule has 0 amide bonds. The Labute approximate surface area is 122 Å². The molecule has 0 aromatic heterocycles. The third kappa shape index (κ3) is 2.88. The van der Waals surface area contributed by atoms with Crippen LogP contribution >= 0.6 is 39.1 Å². The second-order valence-electron chi connectivity index (χ2n) is 3.60. The second-order valence-corrected chi connectivity index (χ2v) is 5.33. The van der Waals surface area contributed by atoms with Crippen molar-refractivity contribution in [2.75, 3.05) is 11.1 Å². The van der Waals surface area contributed by atoms with Crippen molar-refractivity contribution in [3.8, 4) is 0 Å². The van der Waals surface area contributed by atoms with Crippen LogP contribution in [0.3, 0.4) is 0 Å². The zero-order chi connectivity index (χ0) is 13.3. The fourth-order valence-corrected chi connectivity index (χ4v) is 2.11. The number of hydrogen-bond donors (Lipinski definition) is 2. The molecule has 18 heavy (non-hydrogen) atoms. The largest absolute Gasteiger partial charge is 0.397 e. The molecule has 0 unspecified atom stereocenters. The molecule has 0 bridgehead atoms. The van der Waals surface area contributed by atoms with Gasteiger partial charge in [-0.3, -0.25) is 0 Å². The van der Waals surface area contributed by atoms with Crippen molar-refractivity contribution < 1.29 is 4.39 Å². The van der Waals surface area contributed by atoms with E-state index in [4.69, 9.17) is 28.9 Å². The molecule has 0 spiro atoms. The Bertz CT molecular complexity index is 605. The Kier molecular flexibility index (Phi) is 4.00. The van der Waals surface area contributed by atoms with Gasteiger partial charge in [0.05, 0.1) is 27.1 Å². The lowest BCUT2D eigenvalue weighted by atomic mass is 10.2. The van der Waals surface area contributed by atoms with E-state index in [1.807, 2.05) is 0 Å². The topological polar surface area (TPSA) is 38.0 Å². The summed E-state index contributed by atoms with van der Waals surface area (Å²) in [6.07, 6.45) is 0. The summed E-state index contributed by atoms with van der Waals surface area (Å²) in [6, 6.07) is 7.88. The van der Waals surface area contributed by atoms with E-state index in [0.717, 1.165) is 4.47 Å². The molecule has 0 aliphatic rings. The van der Waals surface area contributed by atoms with Crippen molar-refractivity contribution >= 4 is 56.2 Å². The minimum absolute atomic E-state index is 0.0154. The van der Waals surface area contributed by atoms with Gasteiger partial charge in [-0.05, 0) is 24.3 Å². The van der Waals surface area contributed by atoms with E-state index in [-0.39, 0.29) is 5.02 Å². The zero-order valence-electron chi connectivity index (χ0n) is 8.98. The predicted molar refractivity (Wildman–Crippen MR) is 78.3 cm³/mol. The summed E-state index contributed by atoms with van der Waals surface area (Å²) < 4.78 is 14.2. The van der Waals surface area contributed by atoms with Gasteiger partial charge < -0.3 is 11.1 Å². The number of nitrogen functional groups attached to an aromatic ring is 1. The Morgan fingerprint density at radius 1 is 1.06 bits per heavy atom. The van der Waals surface area contributed by atoms with Gasteiger partial charge in [0.15, 0.2) is 0 Å². The highest BCUT2D eigenvalue weighted by Gasteiger charge is 2.08. The SMILES string of the molecule is Nc1cc(Cl)c(F)cc1Nc1cc(Br)ccc1Cl. The molecule has 2 nitrogen and oxygen atoms in total. The van der Waals surface area contributed by atoms with Crippen LogP contribution < -0.4 is 11.1 Å². The van der Waals surface area contributed by atoms with Crippen molar-refractivity contribution in [2.24, 2.45) is 0 Å². The lowest BCUT2D eigenvalue weighted by molar-refractivity contribution is 0.629. The summed E-state index contributed by atoms with van der Waals surface area (Å²) in [7, 11) is 0. The van der Waals surface area contributed by atoms with Crippen LogP contribution in [0, 0.1) is 5.82 Å². The highest BCUT2D eigenvalue weighted by Crippen LogP contribution is 2.33. The van der Waals surface area contributed by atoms with Crippen LogP contribution in [0.4, 0.5) is 21.5 Å². The van der Waals surface area contributed by atoms with E-state index >= 15 is 0 Å². The van der Waals surface area contributed by atoms with Gasteiger partial charge >= 0.3 is 0 Å². The summed E-state index contributed by atoms with van der Waals surface area (Å²) in [5.41, 5.74) is 7.14. The van der Waals surface area contributed by atoms with Crippen molar-refractivity contribution in [3.63, 3.8) is 0 Å². The van der Waals surface area contributed by atoms with Gasteiger partial charge in [-0.25, -0.2) is 4.39 Å². The molecule has 3 N–H and O–H groups in total. The summed E-state index contributed by atoms with van der Waals surface area (Å²) >= 11 is 15.0. The summed E-state index contributed by atoms with van der Waals surface area (Å²) in [5.74, 6) is -0.542. The quantitative estimate of drug-likeness (QED) is 0.729. The van der Waals surface area contributed by atoms with Crippen LogP contribution in [-0.4, -0.2) is 0 Å². The summed E-state index contributed by atoms with van der Waals surface area (Å²) in [6.45, 7) is 0. The number of anilines is 3. The van der Waals surface area contributed by atoms with Gasteiger partial charge in [0, 0.05) is 10.5 Å². The Hall–Kier alpha value is -0.970. The maximum Gasteiger partial charge on any atom is 0.144 e. The molecule has 0 radical (unpaired) electrons. The maximum atomic E-state index is 13.4. The average Bonchev–Trinajstić information content (AvgIpc) is 2.30. The first-order valence-corrected chi connectivity index (χ1v) is 6.49.